The van der Waals surface area contributed by atoms with Crippen molar-refractivity contribution in [2.24, 2.45) is 0 Å². The van der Waals surface area contributed by atoms with Crippen LogP contribution < -0.4 is 4.74 Å². The van der Waals surface area contributed by atoms with Gasteiger partial charge in [-0.3, -0.25) is 14.5 Å². The number of carbonyl (C=O) groups excluding carboxylic acids is 1. The molecule has 3 rings (SSSR count). The lowest BCUT2D eigenvalue weighted by molar-refractivity contribution is 0.0728. The molecule has 2 aromatic rings. The Bertz CT molecular complexity index is 706. The van der Waals surface area contributed by atoms with Gasteiger partial charge >= 0.3 is 0 Å². The zero-order valence-corrected chi connectivity index (χ0v) is 12.6. The standard InChI is InChI=1S/C15H17FN4O3/c1-2-20-7-10(5-18-20)23-14-9-19(8-13(14)21)15(22)11-3-4-17-6-12(11)16/h3-7,13-14,21H,2,8-9H2,1H3/t13-,14-/m1/s1. The van der Waals surface area contributed by atoms with Gasteiger partial charge in [0.15, 0.2) is 11.6 Å². The van der Waals surface area contributed by atoms with Crippen LogP contribution in [-0.4, -0.2) is 56.0 Å². The highest BCUT2D eigenvalue weighted by atomic mass is 19.1. The van der Waals surface area contributed by atoms with Gasteiger partial charge in [-0.05, 0) is 13.0 Å². The van der Waals surface area contributed by atoms with E-state index in [4.69, 9.17) is 4.74 Å². The summed E-state index contributed by atoms with van der Waals surface area (Å²) in [5, 5.41) is 14.2. The zero-order chi connectivity index (χ0) is 16.4. The van der Waals surface area contributed by atoms with Crippen LogP contribution in [0.15, 0.2) is 30.9 Å². The van der Waals surface area contributed by atoms with E-state index in [1.54, 1.807) is 17.1 Å². The van der Waals surface area contributed by atoms with Crippen molar-refractivity contribution in [3.8, 4) is 5.75 Å². The van der Waals surface area contributed by atoms with E-state index in [-0.39, 0.29) is 18.7 Å². The predicted octanol–water partition coefficient (Wildman–Crippen LogP) is 0.701. The van der Waals surface area contributed by atoms with Gasteiger partial charge in [-0.15, -0.1) is 0 Å². The van der Waals surface area contributed by atoms with Crippen LogP contribution in [0.1, 0.15) is 17.3 Å². The van der Waals surface area contributed by atoms with Gasteiger partial charge in [-0.2, -0.15) is 5.10 Å². The molecule has 2 atom stereocenters. The van der Waals surface area contributed by atoms with Gasteiger partial charge in [0.05, 0.1) is 37.2 Å². The van der Waals surface area contributed by atoms with Crippen molar-refractivity contribution in [3.05, 3.63) is 42.2 Å². The summed E-state index contributed by atoms with van der Waals surface area (Å²) in [6.45, 7) is 2.93. The number of β-amino-alcohol motifs (C(OH)–C–C–N with tert-alkyl or cyclic N) is 1. The lowest BCUT2D eigenvalue weighted by atomic mass is 10.2. The average molecular weight is 320 g/mol. The molecule has 3 heterocycles. The number of nitrogens with zero attached hydrogens (tertiary/aromatic N) is 4. The molecule has 1 aliphatic rings. The molecule has 0 spiro atoms. The van der Waals surface area contributed by atoms with Crippen LogP contribution in [0.25, 0.3) is 0 Å². The molecule has 1 aliphatic heterocycles. The fraction of sp³-hybridized carbons (Fsp3) is 0.400. The van der Waals surface area contributed by atoms with Crippen LogP contribution in [0, 0.1) is 5.82 Å². The molecule has 2 aromatic heterocycles. The van der Waals surface area contributed by atoms with Crippen LogP contribution in [0.3, 0.4) is 0 Å². The monoisotopic (exact) mass is 320 g/mol. The number of carbonyl (C=O) groups is 1. The van der Waals surface area contributed by atoms with Gasteiger partial charge in [-0.1, -0.05) is 0 Å². The van der Waals surface area contributed by atoms with Crippen molar-refractivity contribution >= 4 is 5.91 Å². The molecule has 23 heavy (non-hydrogen) atoms. The molecular weight excluding hydrogens is 303 g/mol. The van der Waals surface area contributed by atoms with Gasteiger partial charge in [0, 0.05) is 12.7 Å². The molecule has 1 amide bonds. The Morgan fingerprint density at radius 1 is 1.48 bits per heavy atom. The van der Waals surface area contributed by atoms with E-state index in [1.165, 1.54) is 17.2 Å². The fourth-order valence-electron chi connectivity index (χ4n) is 2.51. The molecule has 7 nitrogen and oxygen atoms in total. The maximum atomic E-state index is 13.7. The van der Waals surface area contributed by atoms with Crippen LogP contribution in [0.5, 0.6) is 5.75 Å². The minimum Gasteiger partial charge on any atom is -0.482 e. The number of hydrogen-bond acceptors (Lipinski definition) is 5. The van der Waals surface area contributed by atoms with E-state index in [1.807, 2.05) is 6.92 Å². The number of hydrogen-bond donors (Lipinski definition) is 1. The molecule has 0 bridgehead atoms. The number of likely N-dealkylation sites (tertiary alicyclic amines) is 1. The third-order valence-corrected chi connectivity index (χ3v) is 3.75. The van der Waals surface area contributed by atoms with Crippen LogP contribution in [0.2, 0.25) is 0 Å². The summed E-state index contributed by atoms with van der Waals surface area (Å²) < 4.78 is 21.0. The van der Waals surface area contributed by atoms with E-state index < -0.39 is 23.9 Å². The molecule has 0 radical (unpaired) electrons. The lowest BCUT2D eigenvalue weighted by Crippen LogP contribution is -2.31. The number of aliphatic hydroxyl groups excluding tert-OH is 1. The molecule has 1 fully saturated rings. The zero-order valence-electron chi connectivity index (χ0n) is 12.6. The maximum Gasteiger partial charge on any atom is 0.257 e. The third kappa shape index (κ3) is 3.16. The Labute approximate surface area is 132 Å². The molecule has 0 aromatic carbocycles. The lowest BCUT2D eigenvalue weighted by Gasteiger charge is -2.16. The number of rotatable bonds is 4. The van der Waals surface area contributed by atoms with Gasteiger partial charge in [-0.25, -0.2) is 4.39 Å². The summed E-state index contributed by atoms with van der Waals surface area (Å²) in [6.07, 6.45) is 4.22. The second kappa shape index (κ2) is 6.33. The average Bonchev–Trinajstić information content (AvgIpc) is 3.15. The quantitative estimate of drug-likeness (QED) is 0.897. The minimum absolute atomic E-state index is 0.0633. The third-order valence-electron chi connectivity index (χ3n) is 3.75. The summed E-state index contributed by atoms with van der Waals surface area (Å²) in [5.41, 5.74) is -0.0633. The van der Waals surface area contributed by atoms with E-state index in [0.717, 1.165) is 6.20 Å². The SMILES string of the molecule is CCn1cc(O[C@@H]2CN(C(=O)c3ccncc3F)C[C@H]2O)cn1. The topological polar surface area (TPSA) is 80.5 Å². The minimum atomic E-state index is -0.839. The second-order valence-electron chi connectivity index (χ2n) is 5.32. The molecular formula is C15H17FN4O3. The molecule has 0 aliphatic carbocycles. The highest BCUT2D eigenvalue weighted by molar-refractivity contribution is 5.94. The van der Waals surface area contributed by atoms with Crippen molar-refractivity contribution in [2.45, 2.75) is 25.7 Å². The summed E-state index contributed by atoms with van der Waals surface area (Å²) in [6, 6.07) is 1.32. The maximum absolute atomic E-state index is 13.7. The number of aryl methyl sites for hydroxylation is 1. The highest BCUT2D eigenvalue weighted by Crippen LogP contribution is 2.20. The Morgan fingerprint density at radius 3 is 3.00 bits per heavy atom. The van der Waals surface area contributed by atoms with Crippen molar-refractivity contribution < 1.29 is 19.0 Å². The first kappa shape index (κ1) is 15.4. The normalized spacial score (nSPS) is 20.7. The number of aromatic nitrogens is 3. The number of pyridine rings is 1. The summed E-state index contributed by atoms with van der Waals surface area (Å²) in [5.74, 6) is -0.639. The van der Waals surface area contributed by atoms with Crippen molar-refractivity contribution in [1.82, 2.24) is 19.7 Å². The van der Waals surface area contributed by atoms with Crippen molar-refractivity contribution in [3.63, 3.8) is 0 Å². The fourth-order valence-corrected chi connectivity index (χ4v) is 2.51. The van der Waals surface area contributed by atoms with Crippen molar-refractivity contribution in [1.29, 1.82) is 0 Å². The van der Waals surface area contributed by atoms with E-state index in [9.17, 15) is 14.3 Å². The molecule has 1 N–H and O–H groups in total. The van der Waals surface area contributed by atoms with Crippen LogP contribution in [-0.2, 0) is 6.54 Å². The van der Waals surface area contributed by atoms with E-state index in [0.29, 0.717) is 12.3 Å². The Hall–Kier alpha value is -2.48. The highest BCUT2D eigenvalue weighted by Gasteiger charge is 2.36. The second-order valence-corrected chi connectivity index (χ2v) is 5.32. The van der Waals surface area contributed by atoms with E-state index in [2.05, 4.69) is 10.1 Å². The Morgan fingerprint density at radius 2 is 2.30 bits per heavy atom. The number of halogens is 1. The Balaban J connectivity index is 1.68. The van der Waals surface area contributed by atoms with Gasteiger partial charge in [0.2, 0.25) is 0 Å². The number of ether oxygens (including phenoxy) is 1. The summed E-state index contributed by atoms with van der Waals surface area (Å²) >= 11 is 0. The van der Waals surface area contributed by atoms with Crippen LogP contribution >= 0.6 is 0 Å². The first-order chi connectivity index (χ1) is 11.1. The van der Waals surface area contributed by atoms with Gasteiger partial charge in [0.1, 0.15) is 12.2 Å². The number of amides is 1. The van der Waals surface area contributed by atoms with Crippen molar-refractivity contribution in [2.75, 3.05) is 13.1 Å². The molecule has 0 saturated carbocycles. The molecule has 8 heteroatoms. The first-order valence-corrected chi connectivity index (χ1v) is 7.34. The Kier molecular flexibility index (Phi) is 4.24. The van der Waals surface area contributed by atoms with Gasteiger partial charge in [0.25, 0.3) is 5.91 Å². The number of aliphatic hydroxyl groups is 1. The largest absolute Gasteiger partial charge is 0.482 e. The predicted molar refractivity (Wildman–Crippen MR) is 78.4 cm³/mol. The van der Waals surface area contributed by atoms with E-state index >= 15 is 0 Å². The molecule has 122 valence electrons. The smallest absolute Gasteiger partial charge is 0.257 e. The van der Waals surface area contributed by atoms with Gasteiger partial charge < -0.3 is 14.7 Å². The first-order valence-electron chi connectivity index (χ1n) is 7.34. The van der Waals surface area contributed by atoms with Crippen LogP contribution in [0.4, 0.5) is 4.39 Å². The molecule has 1 saturated heterocycles. The molecule has 0 unspecified atom stereocenters. The summed E-state index contributed by atoms with van der Waals surface area (Å²) in [7, 11) is 0. The summed E-state index contributed by atoms with van der Waals surface area (Å²) in [4.78, 5) is 17.3.